The van der Waals surface area contributed by atoms with Gasteiger partial charge in [0, 0.05) is 35.9 Å². The predicted octanol–water partition coefficient (Wildman–Crippen LogP) is 3.20. The molecule has 4 N–H and O–H groups in total. The fourth-order valence-corrected chi connectivity index (χ4v) is 3.77. The summed E-state index contributed by atoms with van der Waals surface area (Å²) in [6.07, 6.45) is 8.35. The third kappa shape index (κ3) is 4.13. The molecule has 3 aromatic rings. The maximum absolute atomic E-state index is 14.5. The Labute approximate surface area is 167 Å². The fourth-order valence-electron chi connectivity index (χ4n) is 3.77. The van der Waals surface area contributed by atoms with Crippen LogP contribution in [0.25, 0.3) is 22.4 Å². The van der Waals surface area contributed by atoms with E-state index in [4.69, 9.17) is 0 Å². The number of hydrogen-bond donors (Lipinski definition) is 4. The zero-order chi connectivity index (χ0) is 20.2. The third-order valence-corrected chi connectivity index (χ3v) is 5.18. The van der Waals surface area contributed by atoms with Crippen LogP contribution in [0.5, 0.6) is 0 Å². The van der Waals surface area contributed by atoms with E-state index in [9.17, 15) is 9.18 Å². The molecule has 0 saturated heterocycles. The molecule has 2 atom stereocenters. The molecule has 152 valence electrons. The summed E-state index contributed by atoms with van der Waals surface area (Å²) in [6.45, 7) is 2.42. The normalized spacial score (nSPS) is 19.1. The Kier molecular flexibility index (Phi) is 5.55. The highest BCUT2D eigenvalue weighted by atomic mass is 19.1. The van der Waals surface area contributed by atoms with Crippen LogP contribution < -0.4 is 16.0 Å². The van der Waals surface area contributed by atoms with Gasteiger partial charge in [0.1, 0.15) is 5.65 Å². The van der Waals surface area contributed by atoms with Gasteiger partial charge in [0.25, 0.3) is 0 Å². The summed E-state index contributed by atoms with van der Waals surface area (Å²) < 4.78 is 14.5. The van der Waals surface area contributed by atoms with Crippen molar-refractivity contribution in [1.82, 2.24) is 30.6 Å². The van der Waals surface area contributed by atoms with Gasteiger partial charge in [0.2, 0.25) is 0 Å². The SMILES string of the molecule is CCNC(=O)N[C@@H]1CCCCC1Nc1nc(-c2c[nH]c3ncccc23)ncc1F. The van der Waals surface area contributed by atoms with Crippen LogP contribution >= 0.6 is 0 Å². The number of rotatable bonds is 5. The van der Waals surface area contributed by atoms with Gasteiger partial charge in [0.05, 0.1) is 12.2 Å². The molecule has 9 heteroatoms. The lowest BCUT2D eigenvalue weighted by Crippen LogP contribution is -2.51. The van der Waals surface area contributed by atoms with Crippen LogP contribution in [-0.4, -0.2) is 44.6 Å². The van der Waals surface area contributed by atoms with Crippen LogP contribution in [0.1, 0.15) is 32.6 Å². The van der Waals surface area contributed by atoms with Crippen molar-refractivity contribution in [2.45, 2.75) is 44.7 Å². The topological polar surface area (TPSA) is 108 Å². The molecule has 1 unspecified atom stereocenters. The van der Waals surface area contributed by atoms with Crippen LogP contribution in [0.4, 0.5) is 15.0 Å². The maximum Gasteiger partial charge on any atom is 0.315 e. The van der Waals surface area contributed by atoms with E-state index < -0.39 is 5.82 Å². The number of nitrogens with one attached hydrogen (secondary N) is 4. The van der Waals surface area contributed by atoms with Crippen molar-refractivity contribution in [2.75, 3.05) is 11.9 Å². The number of aromatic nitrogens is 4. The monoisotopic (exact) mass is 397 g/mol. The molecule has 0 aromatic carbocycles. The molecule has 29 heavy (non-hydrogen) atoms. The van der Waals surface area contributed by atoms with Gasteiger partial charge in [-0.05, 0) is 31.9 Å². The van der Waals surface area contributed by atoms with E-state index in [0.29, 0.717) is 12.4 Å². The summed E-state index contributed by atoms with van der Waals surface area (Å²) in [5, 5.41) is 9.81. The number of carbonyl (C=O) groups is 1. The molecule has 0 spiro atoms. The number of anilines is 1. The number of urea groups is 1. The van der Waals surface area contributed by atoms with Gasteiger partial charge in [-0.15, -0.1) is 0 Å². The van der Waals surface area contributed by atoms with E-state index in [2.05, 4.69) is 35.9 Å². The smallest absolute Gasteiger partial charge is 0.315 e. The summed E-state index contributed by atoms with van der Waals surface area (Å²) in [6, 6.07) is 3.35. The van der Waals surface area contributed by atoms with Crippen molar-refractivity contribution >= 4 is 22.9 Å². The van der Waals surface area contributed by atoms with Gasteiger partial charge in [-0.25, -0.2) is 24.1 Å². The first kappa shape index (κ1) is 19.1. The van der Waals surface area contributed by atoms with Crippen molar-refractivity contribution < 1.29 is 9.18 Å². The Hall–Kier alpha value is -3.23. The summed E-state index contributed by atoms with van der Waals surface area (Å²) >= 11 is 0. The molecule has 0 aliphatic heterocycles. The molecule has 3 aromatic heterocycles. The number of H-pyrrole nitrogens is 1. The lowest BCUT2D eigenvalue weighted by Gasteiger charge is -2.33. The Morgan fingerprint density at radius 2 is 2.10 bits per heavy atom. The molecule has 8 nitrogen and oxygen atoms in total. The van der Waals surface area contributed by atoms with E-state index in [1.165, 1.54) is 6.20 Å². The first-order valence-electron chi connectivity index (χ1n) is 9.91. The van der Waals surface area contributed by atoms with Gasteiger partial charge in [-0.2, -0.15) is 0 Å². The second-order valence-electron chi connectivity index (χ2n) is 7.14. The minimum atomic E-state index is -0.519. The standard InChI is InChI=1S/C20H24FN7O/c1-2-22-20(29)27-16-8-4-3-7-15(16)26-19-14(21)11-25-18(28-19)13-10-24-17-12(13)6-5-9-23-17/h5-6,9-11,15-16H,2-4,7-8H2,1H3,(H,23,24)(H2,22,27,29)(H,25,26,28)/t15?,16-/m1/s1. The highest BCUT2D eigenvalue weighted by Gasteiger charge is 2.27. The highest BCUT2D eigenvalue weighted by molar-refractivity contribution is 5.91. The van der Waals surface area contributed by atoms with Crippen LogP contribution in [0.3, 0.4) is 0 Å². The van der Waals surface area contributed by atoms with Gasteiger partial charge in [-0.1, -0.05) is 12.8 Å². The van der Waals surface area contributed by atoms with Crippen LogP contribution in [-0.2, 0) is 0 Å². The lowest BCUT2D eigenvalue weighted by molar-refractivity contribution is 0.231. The number of amides is 2. The zero-order valence-corrected chi connectivity index (χ0v) is 16.2. The Morgan fingerprint density at radius 3 is 2.93 bits per heavy atom. The molecule has 1 fully saturated rings. The molecule has 3 heterocycles. The second-order valence-corrected chi connectivity index (χ2v) is 7.14. The Morgan fingerprint density at radius 1 is 1.28 bits per heavy atom. The number of pyridine rings is 1. The van der Waals surface area contributed by atoms with Crippen molar-refractivity contribution in [3.8, 4) is 11.4 Å². The summed E-state index contributed by atoms with van der Waals surface area (Å²) in [5.74, 6) is 0.0362. The van der Waals surface area contributed by atoms with Gasteiger partial charge < -0.3 is 20.9 Å². The largest absolute Gasteiger partial charge is 0.363 e. The molecule has 2 amide bonds. The summed E-state index contributed by atoms with van der Waals surface area (Å²) in [4.78, 5) is 27.9. The van der Waals surface area contributed by atoms with E-state index in [0.717, 1.165) is 42.3 Å². The molecule has 1 aliphatic rings. The van der Waals surface area contributed by atoms with Crippen molar-refractivity contribution in [2.24, 2.45) is 0 Å². The molecule has 1 aliphatic carbocycles. The molecule has 0 bridgehead atoms. The number of hydrogen-bond acceptors (Lipinski definition) is 5. The molecule has 0 radical (unpaired) electrons. The van der Waals surface area contributed by atoms with Crippen LogP contribution in [0.15, 0.2) is 30.7 Å². The van der Waals surface area contributed by atoms with E-state index in [1.54, 1.807) is 12.4 Å². The highest BCUT2D eigenvalue weighted by Crippen LogP contribution is 2.27. The number of halogens is 1. The summed E-state index contributed by atoms with van der Waals surface area (Å²) in [5.41, 5.74) is 1.49. The van der Waals surface area contributed by atoms with Crippen molar-refractivity contribution in [1.29, 1.82) is 0 Å². The van der Waals surface area contributed by atoms with Crippen molar-refractivity contribution in [3.63, 3.8) is 0 Å². The number of carbonyl (C=O) groups excluding carboxylic acids is 1. The minimum absolute atomic E-state index is 0.0922. The third-order valence-electron chi connectivity index (χ3n) is 5.18. The average Bonchev–Trinajstić information content (AvgIpc) is 3.15. The molecule has 1 saturated carbocycles. The second kappa shape index (κ2) is 8.42. The first-order valence-corrected chi connectivity index (χ1v) is 9.91. The molecular formula is C20H24FN7O. The molecule has 4 rings (SSSR count). The summed E-state index contributed by atoms with van der Waals surface area (Å²) in [7, 11) is 0. The number of nitrogens with zero attached hydrogens (tertiary/aromatic N) is 3. The van der Waals surface area contributed by atoms with Gasteiger partial charge >= 0.3 is 6.03 Å². The first-order chi connectivity index (χ1) is 14.2. The zero-order valence-electron chi connectivity index (χ0n) is 16.2. The number of fused-ring (bicyclic) bond motifs is 1. The van der Waals surface area contributed by atoms with E-state index in [1.807, 2.05) is 19.1 Å². The maximum atomic E-state index is 14.5. The van der Waals surface area contributed by atoms with Crippen molar-refractivity contribution in [3.05, 3.63) is 36.5 Å². The fraction of sp³-hybridized carbons (Fsp3) is 0.400. The minimum Gasteiger partial charge on any atom is -0.363 e. The van der Waals surface area contributed by atoms with Gasteiger partial charge in [-0.3, -0.25) is 0 Å². The average molecular weight is 397 g/mol. The van der Waals surface area contributed by atoms with E-state index in [-0.39, 0.29) is 23.9 Å². The molecular weight excluding hydrogens is 373 g/mol. The van der Waals surface area contributed by atoms with E-state index >= 15 is 0 Å². The van der Waals surface area contributed by atoms with Crippen LogP contribution in [0.2, 0.25) is 0 Å². The lowest BCUT2D eigenvalue weighted by atomic mass is 9.90. The Bertz CT molecular complexity index is 1010. The van der Waals surface area contributed by atoms with Crippen LogP contribution in [0, 0.1) is 5.82 Å². The van der Waals surface area contributed by atoms with Gasteiger partial charge in [0.15, 0.2) is 17.5 Å². The number of aromatic amines is 1. The predicted molar refractivity (Wildman–Crippen MR) is 109 cm³/mol. The quantitative estimate of drug-likeness (QED) is 0.529. The Balaban J connectivity index is 1.58.